The molecule has 0 aromatic carbocycles. The van der Waals surface area contributed by atoms with Gasteiger partial charge in [-0.25, -0.2) is 4.98 Å². The van der Waals surface area contributed by atoms with Crippen molar-refractivity contribution in [1.29, 1.82) is 0 Å². The van der Waals surface area contributed by atoms with E-state index >= 15 is 0 Å². The summed E-state index contributed by atoms with van der Waals surface area (Å²) in [5.41, 5.74) is -0.298. The molecule has 1 aliphatic rings. The normalized spacial score (nSPS) is 17.5. The van der Waals surface area contributed by atoms with E-state index in [1.165, 1.54) is 19.2 Å². The first-order valence-electron chi connectivity index (χ1n) is 5.15. The van der Waals surface area contributed by atoms with Crippen molar-refractivity contribution in [3.05, 3.63) is 21.7 Å². The zero-order chi connectivity index (χ0) is 10.8. The summed E-state index contributed by atoms with van der Waals surface area (Å²) in [6, 6.07) is 0. The lowest BCUT2D eigenvalue weighted by Crippen LogP contribution is -2.17. The molecule has 5 heteroatoms. The van der Waals surface area contributed by atoms with Crippen LogP contribution in [0, 0.1) is 11.8 Å². The van der Waals surface area contributed by atoms with Gasteiger partial charge in [0.25, 0.3) is 5.56 Å². The number of hydrogen-bond acceptors (Lipinski definition) is 3. The van der Waals surface area contributed by atoms with E-state index in [1.807, 2.05) is 0 Å². The van der Waals surface area contributed by atoms with Crippen molar-refractivity contribution in [3.63, 3.8) is 0 Å². The summed E-state index contributed by atoms with van der Waals surface area (Å²) in [5.74, 6) is 1.92. The van der Waals surface area contributed by atoms with Crippen LogP contribution in [0.4, 0.5) is 5.82 Å². The Kier molecular flexibility index (Phi) is 2.95. The molecule has 0 radical (unpaired) electrons. The first-order valence-corrected chi connectivity index (χ1v) is 5.53. The van der Waals surface area contributed by atoms with Gasteiger partial charge in [0.15, 0.2) is 5.82 Å². The standard InChI is InChI=1S/C10H14ClN3O/c1-6(7-2-3-7)4-12-9-8(11)10(15)14-5-13-9/h5-7H,2-4H2,1H3,(H2,12,13,14,15). The largest absolute Gasteiger partial charge is 0.368 e. The number of aromatic amines is 1. The van der Waals surface area contributed by atoms with E-state index < -0.39 is 0 Å². The second-order valence-corrected chi connectivity index (χ2v) is 4.47. The highest BCUT2D eigenvalue weighted by Crippen LogP contribution is 2.36. The minimum atomic E-state index is -0.298. The molecular weight excluding hydrogens is 214 g/mol. The van der Waals surface area contributed by atoms with Crippen molar-refractivity contribution in [2.45, 2.75) is 19.8 Å². The van der Waals surface area contributed by atoms with Crippen LogP contribution >= 0.6 is 11.6 Å². The maximum absolute atomic E-state index is 11.2. The molecule has 2 N–H and O–H groups in total. The lowest BCUT2D eigenvalue weighted by Gasteiger charge is -2.11. The van der Waals surface area contributed by atoms with Gasteiger partial charge >= 0.3 is 0 Å². The van der Waals surface area contributed by atoms with Gasteiger partial charge in [-0.3, -0.25) is 4.79 Å². The van der Waals surface area contributed by atoms with Crippen LogP contribution in [0.1, 0.15) is 19.8 Å². The molecule has 0 saturated heterocycles. The summed E-state index contributed by atoms with van der Waals surface area (Å²) < 4.78 is 0. The number of nitrogens with one attached hydrogen (secondary N) is 2. The molecule has 0 aliphatic heterocycles. The van der Waals surface area contributed by atoms with Gasteiger partial charge in [-0.1, -0.05) is 18.5 Å². The van der Waals surface area contributed by atoms with E-state index in [1.54, 1.807) is 0 Å². The molecule has 0 spiro atoms. The molecule has 1 aromatic rings. The van der Waals surface area contributed by atoms with Crippen LogP contribution in [0.15, 0.2) is 11.1 Å². The molecular formula is C10H14ClN3O. The molecule has 15 heavy (non-hydrogen) atoms. The molecule has 1 heterocycles. The van der Waals surface area contributed by atoms with E-state index in [9.17, 15) is 4.79 Å². The quantitative estimate of drug-likeness (QED) is 0.826. The van der Waals surface area contributed by atoms with Crippen LogP contribution in [-0.2, 0) is 0 Å². The number of nitrogens with zero attached hydrogens (tertiary/aromatic N) is 1. The third-order valence-corrected chi connectivity index (χ3v) is 3.17. The highest BCUT2D eigenvalue weighted by atomic mass is 35.5. The number of H-pyrrole nitrogens is 1. The third kappa shape index (κ3) is 2.50. The van der Waals surface area contributed by atoms with Crippen molar-refractivity contribution in [1.82, 2.24) is 9.97 Å². The average molecular weight is 228 g/mol. The SMILES string of the molecule is CC(CNc1nc[nH]c(=O)c1Cl)C1CC1. The minimum absolute atomic E-state index is 0.139. The van der Waals surface area contributed by atoms with E-state index in [0.717, 1.165) is 12.5 Å². The lowest BCUT2D eigenvalue weighted by atomic mass is 10.1. The molecule has 1 aliphatic carbocycles. The maximum Gasteiger partial charge on any atom is 0.271 e. The Morgan fingerprint density at radius 1 is 1.73 bits per heavy atom. The van der Waals surface area contributed by atoms with Crippen LogP contribution in [0.3, 0.4) is 0 Å². The third-order valence-electron chi connectivity index (χ3n) is 2.81. The summed E-state index contributed by atoms with van der Waals surface area (Å²) in [7, 11) is 0. The van der Waals surface area contributed by atoms with Gasteiger partial charge in [-0.05, 0) is 24.7 Å². The van der Waals surface area contributed by atoms with Crippen LogP contribution in [0.2, 0.25) is 5.02 Å². The summed E-state index contributed by atoms with van der Waals surface area (Å²) >= 11 is 5.80. The summed E-state index contributed by atoms with van der Waals surface area (Å²) in [6.45, 7) is 3.02. The van der Waals surface area contributed by atoms with Gasteiger partial charge < -0.3 is 10.3 Å². The summed E-state index contributed by atoms with van der Waals surface area (Å²) in [5, 5.41) is 3.25. The van der Waals surface area contributed by atoms with Gasteiger partial charge in [-0.15, -0.1) is 0 Å². The Labute approximate surface area is 93.1 Å². The number of anilines is 1. The second kappa shape index (κ2) is 4.23. The Hall–Kier alpha value is -1.03. The smallest absolute Gasteiger partial charge is 0.271 e. The van der Waals surface area contributed by atoms with E-state index in [0.29, 0.717) is 11.7 Å². The van der Waals surface area contributed by atoms with Crippen molar-refractivity contribution >= 4 is 17.4 Å². The fraction of sp³-hybridized carbons (Fsp3) is 0.600. The minimum Gasteiger partial charge on any atom is -0.368 e. The predicted molar refractivity (Wildman–Crippen MR) is 60.2 cm³/mol. The molecule has 2 rings (SSSR count). The highest BCUT2D eigenvalue weighted by Gasteiger charge is 2.27. The summed E-state index contributed by atoms with van der Waals surface area (Å²) in [4.78, 5) is 17.6. The van der Waals surface area contributed by atoms with Crippen LogP contribution in [0.25, 0.3) is 0 Å². The molecule has 4 nitrogen and oxygen atoms in total. The average Bonchev–Trinajstić information content (AvgIpc) is 3.03. The number of halogens is 1. The molecule has 82 valence electrons. The number of aromatic nitrogens is 2. The predicted octanol–water partition coefficient (Wildman–Crippen LogP) is 1.88. The topological polar surface area (TPSA) is 57.8 Å². The van der Waals surface area contributed by atoms with Crippen molar-refractivity contribution in [2.75, 3.05) is 11.9 Å². The van der Waals surface area contributed by atoms with Crippen molar-refractivity contribution in [2.24, 2.45) is 11.8 Å². The Balaban J connectivity index is 1.98. The number of hydrogen-bond donors (Lipinski definition) is 2. The van der Waals surface area contributed by atoms with Crippen LogP contribution < -0.4 is 10.9 Å². The zero-order valence-corrected chi connectivity index (χ0v) is 9.34. The summed E-state index contributed by atoms with van der Waals surface area (Å²) in [6.07, 6.45) is 4.00. The van der Waals surface area contributed by atoms with Crippen LogP contribution in [-0.4, -0.2) is 16.5 Å². The zero-order valence-electron chi connectivity index (χ0n) is 8.59. The first kappa shape index (κ1) is 10.5. The molecule has 1 saturated carbocycles. The van der Waals surface area contributed by atoms with E-state index in [-0.39, 0.29) is 10.6 Å². The van der Waals surface area contributed by atoms with E-state index in [2.05, 4.69) is 22.2 Å². The van der Waals surface area contributed by atoms with Crippen LogP contribution in [0.5, 0.6) is 0 Å². The molecule has 0 bridgehead atoms. The first-order chi connectivity index (χ1) is 7.18. The lowest BCUT2D eigenvalue weighted by molar-refractivity contribution is 0.536. The van der Waals surface area contributed by atoms with Gasteiger partial charge in [0.05, 0.1) is 6.33 Å². The second-order valence-electron chi connectivity index (χ2n) is 4.09. The van der Waals surface area contributed by atoms with Gasteiger partial charge in [0, 0.05) is 6.54 Å². The van der Waals surface area contributed by atoms with Crippen molar-refractivity contribution < 1.29 is 0 Å². The molecule has 1 unspecified atom stereocenters. The van der Waals surface area contributed by atoms with Gasteiger partial charge in [0.2, 0.25) is 0 Å². The Bertz CT molecular complexity index is 400. The molecule has 1 fully saturated rings. The fourth-order valence-corrected chi connectivity index (χ4v) is 1.77. The fourth-order valence-electron chi connectivity index (χ4n) is 1.60. The highest BCUT2D eigenvalue weighted by molar-refractivity contribution is 6.32. The molecule has 1 atom stereocenters. The number of rotatable bonds is 4. The van der Waals surface area contributed by atoms with Gasteiger partial charge in [-0.2, -0.15) is 0 Å². The maximum atomic E-state index is 11.2. The van der Waals surface area contributed by atoms with Gasteiger partial charge in [0.1, 0.15) is 5.02 Å². The van der Waals surface area contributed by atoms with E-state index in [4.69, 9.17) is 11.6 Å². The monoisotopic (exact) mass is 227 g/mol. The molecule has 1 aromatic heterocycles. The Morgan fingerprint density at radius 3 is 3.13 bits per heavy atom. The molecule has 0 amide bonds. The Morgan fingerprint density at radius 2 is 2.47 bits per heavy atom. The van der Waals surface area contributed by atoms with Crippen molar-refractivity contribution in [3.8, 4) is 0 Å².